The van der Waals surface area contributed by atoms with Gasteiger partial charge < -0.3 is 10.3 Å². The smallest absolute Gasteiger partial charge is 0.147 e. The van der Waals surface area contributed by atoms with E-state index >= 15 is 0 Å². The maximum absolute atomic E-state index is 13.8. The van der Waals surface area contributed by atoms with E-state index in [0.29, 0.717) is 5.69 Å². The van der Waals surface area contributed by atoms with Crippen molar-refractivity contribution in [3.05, 3.63) is 47.8 Å². The molecule has 3 nitrogen and oxygen atoms in total. The molecule has 4 heteroatoms. The summed E-state index contributed by atoms with van der Waals surface area (Å²) in [4.78, 5) is 4.09. The van der Waals surface area contributed by atoms with Crippen LogP contribution in [0.2, 0.25) is 0 Å². The Kier molecular flexibility index (Phi) is 2.75. The molecule has 0 radical (unpaired) electrons. The molecule has 2 aromatic rings. The molecule has 2 rings (SSSR count). The van der Waals surface area contributed by atoms with Crippen LogP contribution < -0.4 is 5.73 Å². The molecule has 16 heavy (non-hydrogen) atoms. The van der Waals surface area contributed by atoms with Crippen molar-refractivity contribution < 1.29 is 4.39 Å². The SMILES string of the molecule is Cc1nccn1-c1c(F)cccc1[C@H](C)N. The molecule has 1 heterocycles. The topological polar surface area (TPSA) is 43.8 Å². The zero-order valence-corrected chi connectivity index (χ0v) is 9.31. The van der Waals surface area contributed by atoms with Crippen LogP contribution in [0, 0.1) is 12.7 Å². The molecule has 0 spiro atoms. The van der Waals surface area contributed by atoms with Gasteiger partial charge in [0.05, 0.1) is 5.69 Å². The zero-order valence-electron chi connectivity index (χ0n) is 9.31. The largest absolute Gasteiger partial charge is 0.324 e. The van der Waals surface area contributed by atoms with Crippen LogP contribution in [-0.4, -0.2) is 9.55 Å². The number of hydrogen-bond donors (Lipinski definition) is 1. The number of nitrogens with two attached hydrogens (primary N) is 1. The van der Waals surface area contributed by atoms with Gasteiger partial charge in [-0.2, -0.15) is 0 Å². The van der Waals surface area contributed by atoms with Gasteiger partial charge in [0, 0.05) is 18.4 Å². The van der Waals surface area contributed by atoms with Crippen molar-refractivity contribution in [2.75, 3.05) is 0 Å². The predicted molar refractivity (Wildman–Crippen MR) is 60.9 cm³/mol. The Morgan fingerprint density at radius 1 is 1.44 bits per heavy atom. The van der Waals surface area contributed by atoms with Gasteiger partial charge >= 0.3 is 0 Å². The van der Waals surface area contributed by atoms with Crippen molar-refractivity contribution >= 4 is 0 Å². The summed E-state index contributed by atoms with van der Waals surface area (Å²) in [6.07, 6.45) is 3.38. The van der Waals surface area contributed by atoms with E-state index in [4.69, 9.17) is 5.73 Å². The minimum absolute atomic E-state index is 0.215. The molecule has 84 valence electrons. The first-order valence-electron chi connectivity index (χ1n) is 5.15. The number of benzene rings is 1. The van der Waals surface area contributed by atoms with Gasteiger partial charge in [-0.05, 0) is 25.5 Å². The van der Waals surface area contributed by atoms with Crippen molar-refractivity contribution in [3.63, 3.8) is 0 Å². The van der Waals surface area contributed by atoms with Crippen LogP contribution in [-0.2, 0) is 0 Å². The Balaban J connectivity index is 2.68. The molecule has 2 N–H and O–H groups in total. The number of nitrogens with zero attached hydrogens (tertiary/aromatic N) is 2. The number of aromatic nitrogens is 2. The maximum atomic E-state index is 13.8. The number of hydrogen-bond acceptors (Lipinski definition) is 2. The van der Waals surface area contributed by atoms with Crippen LogP contribution in [0.3, 0.4) is 0 Å². The van der Waals surface area contributed by atoms with Gasteiger partial charge in [0.25, 0.3) is 0 Å². The van der Waals surface area contributed by atoms with Crippen molar-refractivity contribution in [1.82, 2.24) is 9.55 Å². The highest BCUT2D eigenvalue weighted by Crippen LogP contribution is 2.24. The third kappa shape index (κ3) is 1.72. The zero-order chi connectivity index (χ0) is 11.7. The number of imidazole rings is 1. The molecule has 1 aromatic carbocycles. The highest BCUT2D eigenvalue weighted by atomic mass is 19.1. The highest BCUT2D eigenvalue weighted by molar-refractivity contribution is 5.44. The summed E-state index contributed by atoms with van der Waals surface area (Å²) in [5, 5.41) is 0. The molecule has 0 unspecified atom stereocenters. The minimum atomic E-state index is -0.282. The maximum Gasteiger partial charge on any atom is 0.147 e. The van der Waals surface area contributed by atoms with E-state index in [9.17, 15) is 4.39 Å². The predicted octanol–water partition coefficient (Wildman–Crippen LogP) is 2.34. The molecule has 0 amide bonds. The van der Waals surface area contributed by atoms with Crippen LogP contribution in [0.15, 0.2) is 30.6 Å². The quantitative estimate of drug-likeness (QED) is 0.842. The Morgan fingerprint density at radius 3 is 2.75 bits per heavy atom. The number of para-hydroxylation sites is 1. The molecule has 0 aliphatic carbocycles. The lowest BCUT2D eigenvalue weighted by molar-refractivity contribution is 0.609. The fourth-order valence-electron chi connectivity index (χ4n) is 1.77. The number of halogens is 1. The van der Waals surface area contributed by atoms with Crippen LogP contribution >= 0.6 is 0 Å². The molecule has 1 aromatic heterocycles. The lowest BCUT2D eigenvalue weighted by Gasteiger charge is -2.15. The second-order valence-electron chi connectivity index (χ2n) is 3.81. The van der Waals surface area contributed by atoms with Gasteiger partial charge in [-0.1, -0.05) is 12.1 Å². The molecule has 0 saturated heterocycles. The molecule has 0 aliphatic heterocycles. The molecule has 1 atom stereocenters. The van der Waals surface area contributed by atoms with Gasteiger partial charge in [-0.25, -0.2) is 9.37 Å². The Morgan fingerprint density at radius 2 is 2.19 bits per heavy atom. The van der Waals surface area contributed by atoms with Gasteiger partial charge in [0.2, 0.25) is 0 Å². The summed E-state index contributed by atoms with van der Waals surface area (Å²) in [6, 6.07) is 4.72. The van der Waals surface area contributed by atoms with Crippen molar-refractivity contribution in [3.8, 4) is 5.69 Å². The van der Waals surface area contributed by atoms with E-state index in [1.165, 1.54) is 6.07 Å². The highest BCUT2D eigenvalue weighted by Gasteiger charge is 2.14. The first-order chi connectivity index (χ1) is 7.61. The molecule has 0 fully saturated rings. The van der Waals surface area contributed by atoms with Gasteiger partial charge in [-0.3, -0.25) is 0 Å². The lowest BCUT2D eigenvalue weighted by atomic mass is 10.1. The average molecular weight is 219 g/mol. The Bertz CT molecular complexity index is 503. The van der Waals surface area contributed by atoms with Crippen molar-refractivity contribution in [2.45, 2.75) is 19.9 Å². The number of rotatable bonds is 2. The lowest BCUT2D eigenvalue weighted by Crippen LogP contribution is -2.11. The monoisotopic (exact) mass is 219 g/mol. The van der Waals surface area contributed by atoms with E-state index in [1.54, 1.807) is 23.0 Å². The summed E-state index contributed by atoms with van der Waals surface area (Å²) in [7, 11) is 0. The van der Waals surface area contributed by atoms with E-state index < -0.39 is 0 Å². The van der Waals surface area contributed by atoms with Crippen LogP contribution in [0.25, 0.3) is 5.69 Å². The van der Waals surface area contributed by atoms with E-state index in [-0.39, 0.29) is 11.9 Å². The summed E-state index contributed by atoms with van der Waals surface area (Å²) in [6.45, 7) is 3.67. The molecule has 0 saturated carbocycles. The van der Waals surface area contributed by atoms with Crippen molar-refractivity contribution in [2.24, 2.45) is 5.73 Å². The summed E-state index contributed by atoms with van der Waals surface area (Å²) >= 11 is 0. The van der Waals surface area contributed by atoms with E-state index in [1.807, 2.05) is 19.9 Å². The molecular formula is C12H14FN3. The van der Waals surface area contributed by atoms with Gasteiger partial charge in [0.1, 0.15) is 11.6 Å². The standard InChI is InChI=1S/C12H14FN3/c1-8(14)10-4-3-5-11(13)12(10)16-7-6-15-9(16)2/h3-8H,14H2,1-2H3/t8-/m0/s1. The van der Waals surface area contributed by atoms with Crippen LogP contribution in [0.1, 0.15) is 24.4 Å². The summed E-state index contributed by atoms with van der Waals surface area (Å²) in [5.74, 6) is 0.461. The van der Waals surface area contributed by atoms with Gasteiger partial charge in [0.15, 0.2) is 0 Å². The first kappa shape index (κ1) is 10.8. The fraction of sp³-hybridized carbons (Fsp3) is 0.250. The summed E-state index contributed by atoms with van der Waals surface area (Å²) < 4.78 is 15.6. The van der Waals surface area contributed by atoms with E-state index in [0.717, 1.165) is 11.4 Å². The Labute approximate surface area is 93.7 Å². The summed E-state index contributed by atoms with van der Waals surface area (Å²) in [5.41, 5.74) is 7.11. The molecule has 0 bridgehead atoms. The number of aryl methyl sites for hydroxylation is 1. The van der Waals surface area contributed by atoms with Gasteiger partial charge in [-0.15, -0.1) is 0 Å². The van der Waals surface area contributed by atoms with Crippen LogP contribution in [0.5, 0.6) is 0 Å². The molecular weight excluding hydrogens is 205 g/mol. The normalized spacial score (nSPS) is 12.8. The van der Waals surface area contributed by atoms with Crippen LogP contribution in [0.4, 0.5) is 4.39 Å². The fourth-order valence-corrected chi connectivity index (χ4v) is 1.77. The second kappa shape index (κ2) is 4.06. The average Bonchev–Trinajstić information content (AvgIpc) is 2.64. The second-order valence-corrected chi connectivity index (χ2v) is 3.81. The third-order valence-electron chi connectivity index (χ3n) is 2.58. The van der Waals surface area contributed by atoms with Crippen molar-refractivity contribution in [1.29, 1.82) is 0 Å². The minimum Gasteiger partial charge on any atom is -0.324 e. The first-order valence-corrected chi connectivity index (χ1v) is 5.15. The van der Waals surface area contributed by atoms with E-state index in [2.05, 4.69) is 4.98 Å². The molecule has 0 aliphatic rings. The Hall–Kier alpha value is -1.68. The third-order valence-corrected chi connectivity index (χ3v) is 2.58.